The lowest BCUT2D eigenvalue weighted by molar-refractivity contribution is 0.282. The Hall–Kier alpha value is -1.28. The van der Waals surface area contributed by atoms with Crippen LogP contribution in [0.15, 0.2) is 23.1 Å². The van der Waals surface area contributed by atoms with E-state index in [1.165, 1.54) is 0 Å². The summed E-state index contributed by atoms with van der Waals surface area (Å²) in [6, 6.07) is 5.46. The number of hydrogen-bond acceptors (Lipinski definition) is 4. The maximum atomic E-state index is 13.0. The predicted molar refractivity (Wildman–Crippen MR) is 109 cm³/mol. The minimum atomic E-state index is -3.51. The molecule has 1 saturated heterocycles. The van der Waals surface area contributed by atoms with E-state index in [-0.39, 0.29) is 0 Å². The van der Waals surface area contributed by atoms with E-state index in [0.29, 0.717) is 45.3 Å². The molecule has 2 heterocycles. The summed E-state index contributed by atoms with van der Waals surface area (Å²) in [5.41, 5.74) is 2.15. The highest BCUT2D eigenvalue weighted by Gasteiger charge is 2.33. The van der Waals surface area contributed by atoms with Crippen LogP contribution in [0.4, 0.5) is 5.69 Å². The second kappa shape index (κ2) is 7.99. The molecule has 0 bridgehead atoms. The monoisotopic (exact) mass is 430 g/mol. The summed E-state index contributed by atoms with van der Waals surface area (Å²) in [7, 11) is -1.74. The number of anilines is 1. The molecule has 0 amide bonds. The van der Waals surface area contributed by atoms with E-state index in [1.807, 2.05) is 6.07 Å². The Labute approximate surface area is 170 Å². The number of benzene rings is 1. The first-order chi connectivity index (χ1) is 12.7. The van der Waals surface area contributed by atoms with Crippen molar-refractivity contribution in [2.24, 2.45) is 13.0 Å². The zero-order chi connectivity index (χ0) is 19.8. The Morgan fingerprint density at radius 2 is 1.85 bits per heavy atom. The summed E-state index contributed by atoms with van der Waals surface area (Å²) in [6.07, 6.45) is 1.62. The third-order valence-corrected chi connectivity index (χ3v) is 8.02. The summed E-state index contributed by atoms with van der Waals surface area (Å²) in [5, 5.41) is 8.66. The van der Waals surface area contributed by atoms with Crippen molar-refractivity contribution < 1.29 is 8.42 Å². The van der Waals surface area contributed by atoms with Crippen LogP contribution >= 0.6 is 23.2 Å². The van der Waals surface area contributed by atoms with Crippen LogP contribution in [0.25, 0.3) is 0 Å². The molecule has 6 nitrogen and oxygen atoms in total. The van der Waals surface area contributed by atoms with E-state index in [9.17, 15) is 8.42 Å². The summed E-state index contributed by atoms with van der Waals surface area (Å²) in [4.78, 5) is 0.345. The van der Waals surface area contributed by atoms with Crippen molar-refractivity contribution in [3.8, 4) is 0 Å². The van der Waals surface area contributed by atoms with Gasteiger partial charge in [-0.1, -0.05) is 23.2 Å². The van der Waals surface area contributed by atoms with Gasteiger partial charge in [-0.05, 0) is 50.8 Å². The molecule has 1 fully saturated rings. The zero-order valence-corrected chi connectivity index (χ0v) is 18.0. The SMILES string of the molecule is Cc1nn(C)c(C)c1S(=O)(=O)N1CCC(CNc2ccc(Cl)c(Cl)c2)CC1. The van der Waals surface area contributed by atoms with Gasteiger partial charge in [-0.2, -0.15) is 9.40 Å². The van der Waals surface area contributed by atoms with Crippen molar-refractivity contribution in [1.29, 1.82) is 0 Å². The molecule has 1 aromatic heterocycles. The first kappa shape index (κ1) is 20.5. The first-order valence-corrected chi connectivity index (χ1v) is 11.1. The summed E-state index contributed by atoms with van der Waals surface area (Å²) >= 11 is 12.0. The highest BCUT2D eigenvalue weighted by Crippen LogP contribution is 2.29. The van der Waals surface area contributed by atoms with Crippen LogP contribution < -0.4 is 5.32 Å². The van der Waals surface area contributed by atoms with Gasteiger partial charge in [-0.3, -0.25) is 4.68 Å². The number of sulfonamides is 1. The molecule has 0 atom stereocenters. The van der Waals surface area contributed by atoms with Crippen molar-refractivity contribution in [3.63, 3.8) is 0 Å². The third-order valence-electron chi connectivity index (χ3n) is 5.13. The molecule has 0 radical (unpaired) electrons. The molecular weight excluding hydrogens is 407 g/mol. The van der Waals surface area contributed by atoms with E-state index in [2.05, 4.69) is 10.4 Å². The van der Waals surface area contributed by atoms with Gasteiger partial charge in [0, 0.05) is 32.4 Å². The Bertz CT molecular complexity index is 935. The Balaban J connectivity index is 1.60. The largest absolute Gasteiger partial charge is 0.385 e. The van der Waals surface area contributed by atoms with E-state index in [0.717, 1.165) is 25.1 Å². The van der Waals surface area contributed by atoms with Gasteiger partial charge < -0.3 is 5.32 Å². The highest BCUT2D eigenvalue weighted by molar-refractivity contribution is 7.89. The molecule has 1 aliphatic heterocycles. The maximum Gasteiger partial charge on any atom is 0.246 e. The third kappa shape index (κ3) is 4.26. The summed E-state index contributed by atoms with van der Waals surface area (Å²) in [6.45, 7) is 5.35. The summed E-state index contributed by atoms with van der Waals surface area (Å²) < 4.78 is 29.3. The summed E-state index contributed by atoms with van der Waals surface area (Å²) in [5.74, 6) is 0.405. The van der Waals surface area contributed by atoms with Gasteiger partial charge in [0.25, 0.3) is 0 Å². The van der Waals surface area contributed by atoms with Gasteiger partial charge in [0.15, 0.2) is 0 Å². The van der Waals surface area contributed by atoms with Crippen LogP contribution in [0.5, 0.6) is 0 Å². The molecule has 1 aliphatic rings. The number of aryl methyl sites for hydroxylation is 2. The fraction of sp³-hybridized carbons (Fsp3) is 0.500. The first-order valence-electron chi connectivity index (χ1n) is 8.89. The number of piperidine rings is 1. The molecule has 1 N–H and O–H groups in total. The smallest absolute Gasteiger partial charge is 0.246 e. The molecule has 0 saturated carbocycles. The van der Waals surface area contributed by atoms with Crippen LogP contribution in [0, 0.1) is 19.8 Å². The lowest BCUT2D eigenvalue weighted by atomic mass is 9.98. The van der Waals surface area contributed by atoms with Gasteiger partial charge >= 0.3 is 0 Å². The topological polar surface area (TPSA) is 67.2 Å². The normalized spacial score (nSPS) is 16.6. The van der Waals surface area contributed by atoms with Crippen molar-refractivity contribution in [1.82, 2.24) is 14.1 Å². The Morgan fingerprint density at radius 1 is 1.19 bits per heavy atom. The Kier molecular flexibility index (Phi) is 6.05. The lowest BCUT2D eigenvalue weighted by Gasteiger charge is -2.31. The molecule has 0 unspecified atom stereocenters. The zero-order valence-electron chi connectivity index (χ0n) is 15.7. The van der Waals surface area contributed by atoms with E-state index in [1.54, 1.807) is 42.0 Å². The average molecular weight is 431 g/mol. The minimum Gasteiger partial charge on any atom is -0.385 e. The fourth-order valence-corrected chi connectivity index (χ4v) is 5.65. The van der Waals surface area contributed by atoms with E-state index >= 15 is 0 Å². The highest BCUT2D eigenvalue weighted by atomic mass is 35.5. The van der Waals surface area contributed by atoms with Crippen LogP contribution in [-0.4, -0.2) is 42.1 Å². The number of nitrogens with one attached hydrogen (secondary N) is 1. The van der Waals surface area contributed by atoms with Crippen LogP contribution in [0.2, 0.25) is 10.0 Å². The van der Waals surface area contributed by atoms with Crippen molar-refractivity contribution in [2.45, 2.75) is 31.6 Å². The molecule has 27 heavy (non-hydrogen) atoms. The molecule has 9 heteroatoms. The molecule has 0 spiro atoms. The van der Waals surface area contributed by atoms with Crippen LogP contribution in [0.3, 0.4) is 0 Å². The molecular formula is C18H24Cl2N4O2S. The number of nitrogens with zero attached hydrogens (tertiary/aromatic N) is 3. The van der Waals surface area contributed by atoms with Gasteiger partial charge in [0.1, 0.15) is 4.90 Å². The number of halogens is 2. The second-order valence-corrected chi connectivity index (χ2v) is 9.67. The molecule has 148 valence electrons. The second-order valence-electron chi connectivity index (χ2n) is 6.98. The Morgan fingerprint density at radius 3 is 2.41 bits per heavy atom. The van der Waals surface area contributed by atoms with Crippen LogP contribution in [0.1, 0.15) is 24.2 Å². The van der Waals surface area contributed by atoms with Gasteiger partial charge in [0.2, 0.25) is 10.0 Å². The molecule has 0 aliphatic carbocycles. The molecule has 3 rings (SSSR count). The van der Waals surface area contributed by atoms with Gasteiger partial charge in [-0.25, -0.2) is 8.42 Å². The molecule has 1 aromatic carbocycles. The predicted octanol–water partition coefficient (Wildman–Crippen LogP) is 3.86. The number of aromatic nitrogens is 2. The maximum absolute atomic E-state index is 13.0. The van der Waals surface area contributed by atoms with Crippen LogP contribution in [-0.2, 0) is 17.1 Å². The minimum absolute atomic E-state index is 0.345. The van der Waals surface area contributed by atoms with E-state index in [4.69, 9.17) is 23.2 Å². The van der Waals surface area contributed by atoms with Gasteiger partial charge in [-0.15, -0.1) is 0 Å². The number of hydrogen-bond donors (Lipinski definition) is 1. The fourth-order valence-electron chi connectivity index (χ4n) is 3.48. The van der Waals surface area contributed by atoms with Crippen molar-refractivity contribution in [3.05, 3.63) is 39.6 Å². The van der Waals surface area contributed by atoms with Crippen molar-refractivity contribution >= 4 is 38.9 Å². The number of rotatable bonds is 5. The standard InChI is InChI=1S/C18H24Cl2N4O2S/c1-12-18(13(2)23(3)22-12)27(25,26)24-8-6-14(7-9-24)11-21-15-4-5-16(19)17(20)10-15/h4-5,10,14,21H,6-9,11H2,1-3H3. The van der Waals surface area contributed by atoms with Gasteiger partial charge in [0.05, 0.1) is 21.4 Å². The lowest BCUT2D eigenvalue weighted by Crippen LogP contribution is -2.40. The van der Waals surface area contributed by atoms with E-state index < -0.39 is 10.0 Å². The quantitative estimate of drug-likeness (QED) is 0.781. The average Bonchev–Trinajstić information content (AvgIpc) is 2.89. The van der Waals surface area contributed by atoms with Crippen molar-refractivity contribution in [2.75, 3.05) is 25.0 Å². The molecule has 2 aromatic rings.